The van der Waals surface area contributed by atoms with Crippen LogP contribution < -0.4 is 11.1 Å². The van der Waals surface area contributed by atoms with E-state index in [1.165, 1.54) is 23.8 Å². The number of halogens is 1. The maximum absolute atomic E-state index is 13.5. The molecule has 25 heavy (non-hydrogen) atoms. The number of benzene rings is 2. The van der Waals surface area contributed by atoms with E-state index in [9.17, 15) is 12.8 Å². The van der Waals surface area contributed by atoms with E-state index in [2.05, 4.69) is 17.2 Å². The Labute approximate surface area is 147 Å². The Morgan fingerprint density at radius 3 is 2.44 bits per heavy atom. The first-order chi connectivity index (χ1) is 11.8. The highest BCUT2D eigenvalue weighted by Gasteiger charge is 2.10. The molecule has 0 saturated heterocycles. The second kappa shape index (κ2) is 8.11. The lowest BCUT2D eigenvalue weighted by atomic mass is 10.1. The van der Waals surface area contributed by atoms with Crippen molar-refractivity contribution in [1.82, 2.24) is 0 Å². The summed E-state index contributed by atoms with van der Waals surface area (Å²) in [4.78, 5) is 4.19. The quantitative estimate of drug-likeness (QED) is 0.610. The lowest BCUT2D eigenvalue weighted by Gasteiger charge is -2.09. The molecule has 0 radical (unpaired) electrons. The van der Waals surface area contributed by atoms with Gasteiger partial charge in [-0.2, -0.15) is 0 Å². The molecule has 0 aromatic heterocycles. The van der Waals surface area contributed by atoms with Crippen LogP contribution in [0.5, 0.6) is 0 Å². The Bertz CT molecular complexity index is 862. The van der Waals surface area contributed by atoms with Crippen molar-refractivity contribution in [2.75, 3.05) is 11.6 Å². The Morgan fingerprint density at radius 2 is 1.84 bits per heavy atom. The van der Waals surface area contributed by atoms with E-state index < -0.39 is 15.7 Å². The highest BCUT2D eigenvalue weighted by molar-refractivity contribution is 7.89. The maximum Gasteiger partial charge on any atom is 0.193 e. The van der Waals surface area contributed by atoms with Crippen LogP contribution in [0.1, 0.15) is 23.6 Å². The van der Waals surface area contributed by atoms with Crippen LogP contribution in [0.2, 0.25) is 0 Å². The van der Waals surface area contributed by atoms with E-state index >= 15 is 0 Å². The number of sulfone groups is 1. The van der Waals surface area contributed by atoms with Gasteiger partial charge >= 0.3 is 0 Å². The van der Waals surface area contributed by atoms with Crippen LogP contribution in [0.25, 0.3) is 0 Å². The molecule has 7 heteroatoms. The van der Waals surface area contributed by atoms with Crippen molar-refractivity contribution < 1.29 is 12.8 Å². The van der Waals surface area contributed by atoms with Crippen LogP contribution in [0.4, 0.5) is 10.1 Å². The number of aryl methyl sites for hydroxylation is 1. The number of anilines is 1. The molecular formula is C18H22FN3O2S. The largest absolute Gasteiger partial charge is 0.370 e. The third-order valence-corrected chi connectivity index (χ3v) is 4.48. The van der Waals surface area contributed by atoms with Crippen molar-refractivity contribution in [3.63, 3.8) is 0 Å². The SMILES string of the molecule is CCc1ccc(NC(N)=NCc2cc(F)ccc2CS(C)(=O)=O)cc1. The first-order valence-corrected chi connectivity index (χ1v) is 9.94. The topological polar surface area (TPSA) is 84.5 Å². The van der Waals surface area contributed by atoms with E-state index in [0.717, 1.165) is 18.4 Å². The molecule has 0 aliphatic carbocycles. The number of hydrogen-bond acceptors (Lipinski definition) is 3. The molecule has 2 aromatic carbocycles. The summed E-state index contributed by atoms with van der Waals surface area (Å²) >= 11 is 0. The first kappa shape index (κ1) is 18.9. The molecule has 0 atom stereocenters. The minimum Gasteiger partial charge on any atom is -0.370 e. The molecule has 0 unspecified atom stereocenters. The van der Waals surface area contributed by atoms with Gasteiger partial charge in [0.15, 0.2) is 15.8 Å². The maximum atomic E-state index is 13.5. The van der Waals surface area contributed by atoms with Gasteiger partial charge in [0, 0.05) is 11.9 Å². The predicted octanol–water partition coefficient (Wildman–Crippen LogP) is 2.86. The molecule has 2 rings (SSSR count). The van der Waals surface area contributed by atoms with Crippen LogP contribution in [-0.2, 0) is 28.6 Å². The summed E-state index contributed by atoms with van der Waals surface area (Å²) < 4.78 is 36.5. The number of aliphatic imine (C=N–C) groups is 1. The van der Waals surface area contributed by atoms with Crippen LogP contribution >= 0.6 is 0 Å². The predicted molar refractivity (Wildman–Crippen MR) is 99.7 cm³/mol. The van der Waals surface area contributed by atoms with E-state index in [0.29, 0.717) is 11.1 Å². The zero-order chi connectivity index (χ0) is 18.4. The second-order valence-corrected chi connectivity index (χ2v) is 8.00. The van der Waals surface area contributed by atoms with Gasteiger partial charge in [-0.3, -0.25) is 0 Å². The van der Waals surface area contributed by atoms with Crippen molar-refractivity contribution in [2.45, 2.75) is 25.6 Å². The highest BCUT2D eigenvalue weighted by atomic mass is 32.2. The van der Waals surface area contributed by atoms with Crippen molar-refractivity contribution in [2.24, 2.45) is 10.7 Å². The van der Waals surface area contributed by atoms with Gasteiger partial charge in [-0.05, 0) is 47.4 Å². The van der Waals surface area contributed by atoms with Crippen molar-refractivity contribution in [3.8, 4) is 0 Å². The second-order valence-electron chi connectivity index (χ2n) is 5.86. The smallest absolute Gasteiger partial charge is 0.193 e. The summed E-state index contributed by atoms with van der Waals surface area (Å²) in [6, 6.07) is 11.8. The number of nitrogens with two attached hydrogens (primary N) is 1. The van der Waals surface area contributed by atoms with Gasteiger partial charge in [0.25, 0.3) is 0 Å². The number of hydrogen-bond donors (Lipinski definition) is 2. The minimum absolute atomic E-state index is 0.0918. The normalized spacial score (nSPS) is 12.2. The molecule has 0 spiro atoms. The van der Waals surface area contributed by atoms with Crippen LogP contribution in [0, 0.1) is 5.82 Å². The Kier molecular flexibility index (Phi) is 6.14. The third-order valence-electron chi connectivity index (χ3n) is 3.64. The van der Waals surface area contributed by atoms with E-state index in [4.69, 9.17) is 5.73 Å². The van der Waals surface area contributed by atoms with Crippen LogP contribution in [0.3, 0.4) is 0 Å². The summed E-state index contributed by atoms with van der Waals surface area (Å²) in [6.45, 7) is 2.17. The van der Waals surface area contributed by atoms with Crippen molar-refractivity contribution in [1.29, 1.82) is 0 Å². The van der Waals surface area contributed by atoms with Crippen molar-refractivity contribution >= 4 is 21.5 Å². The Hall–Kier alpha value is -2.41. The van der Waals surface area contributed by atoms with E-state index in [-0.39, 0.29) is 18.3 Å². The van der Waals surface area contributed by atoms with Crippen molar-refractivity contribution in [3.05, 3.63) is 65.0 Å². The summed E-state index contributed by atoms with van der Waals surface area (Å²) in [7, 11) is -3.22. The summed E-state index contributed by atoms with van der Waals surface area (Å²) in [5, 5.41) is 2.96. The summed E-state index contributed by atoms with van der Waals surface area (Å²) in [5.74, 6) is -0.424. The van der Waals surface area contributed by atoms with Crippen LogP contribution in [0.15, 0.2) is 47.5 Å². The van der Waals surface area contributed by atoms with Gasteiger partial charge in [-0.1, -0.05) is 25.1 Å². The number of guanidine groups is 1. The lowest BCUT2D eigenvalue weighted by Crippen LogP contribution is -2.22. The highest BCUT2D eigenvalue weighted by Crippen LogP contribution is 2.16. The lowest BCUT2D eigenvalue weighted by molar-refractivity contribution is 0.600. The molecule has 0 aliphatic heterocycles. The van der Waals surface area contributed by atoms with E-state index in [1.54, 1.807) is 0 Å². The molecule has 0 heterocycles. The zero-order valence-electron chi connectivity index (χ0n) is 14.3. The fourth-order valence-electron chi connectivity index (χ4n) is 2.35. The zero-order valence-corrected chi connectivity index (χ0v) is 15.1. The van der Waals surface area contributed by atoms with E-state index in [1.807, 2.05) is 24.3 Å². The molecule has 5 nitrogen and oxygen atoms in total. The monoisotopic (exact) mass is 363 g/mol. The minimum atomic E-state index is -3.22. The molecule has 0 aliphatic rings. The number of rotatable bonds is 6. The number of nitrogens with one attached hydrogen (secondary N) is 1. The number of nitrogens with zero attached hydrogens (tertiary/aromatic N) is 1. The molecule has 0 saturated carbocycles. The Balaban J connectivity index is 2.12. The third kappa shape index (κ3) is 6.19. The van der Waals surface area contributed by atoms with Gasteiger partial charge in [0.2, 0.25) is 0 Å². The van der Waals surface area contributed by atoms with Gasteiger partial charge < -0.3 is 11.1 Å². The Morgan fingerprint density at radius 1 is 1.16 bits per heavy atom. The molecule has 0 bridgehead atoms. The van der Waals surface area contributed by atoms with Gasteiger partial charge in [0.1, 0.15) is 5.82 Å². The van der Waals surface area contributed by atoms with Gasteiger partial charge in [-0.15, -0.1) is 0 Å². The van der Waals surface area contributed by atoms with Crippen LogP contribution in [-0.4, -0.2) is 20.6 Å². The fraction of sp³-hybridized carbons (Fsp3) is 0.278. The van der Waals surface area contributed by atoms with Gasteiger partial charge in [0.05, 0.1) is 12.3 Å². The molecular weight excluding hydrogens is 341 g/mol. The first-order valence-electron chi connectivity index (χ1n) is 7.87. The fourth-order valence-corrected chi connectivity index (χ4v) is 3.19. The molecule has 2 aromatic rings. The van der Waals surface area contributed by atoms with Gasteiger partial charge in [-0.25, -0.2) is 17.8 Å². The summed E-state index contributed by atoms with van der Waals surface area (Å²) in [6.07, 6.45) is 2.09. The average Bonchev–Trinajstić information content (AvgIpc) is 2.54. The molecule has 3 N–H and O–H groups in total. The molecule has 134 valence electrons. The summed E-state index contributed by atoms with van der Waals surface area (Å²) in [5.41, 5.74) is 8.90. The standard InChI is InChI=1S/C18H22FN3O2S/c1-3-13-4-8-17(9-5-13)22-18(20)21-11-15-10-16(19)7-6-14(15)12-25(2,23)24/h4-10H,3,11-12H2,1-2H3,(H3,20,21,22). The average molecular weight is 363 g/mol. The molecule has 0 fully saturated rings. The molecule has 0 amide bonds.